The van der Waals surface area contributed by atoms with Gasteiger partial charge in [-0.1, -0.05) is 199 Å². The number of hydrogen-bond acceptors (Lipinski definition) is 2. The summed E-state index contributed by atoms with van der Waals surface area (Å²) in [5.41, 5.74) is 18.4. The van der Waals surface area contributed by atoms with Gasteiger partial charge < -0.3 is 9.80 Å². The molecule has 2 heteroatoms. The van der Waals surface area contributed by atoms with Gasteiger partial charge in [0, 0.05) is 33.6 Å². The van der Waals surface area contributed by atoms with Crippen LogP contribution in [-0.4, -0.2) is 11.1 Å². The first-order chi connectivity index (χ1) is 38.6. The lowest BCUT2D eigenvalue weighted by Crippen LogP contribution is -2.49. The first-order valence-electron chi connectivity index (χ1n) is 29.3. The van der Waals surface area contributed by atoms with E-state index in [4.69, 9.17) is 0 Å². The molecule has 2 saturated carbocycles. The molecule has 2 heterocycles. The molecule has 12 aromatic rings. The van der Waals surface area contributed by atoms with Gasteiger partial charge in [-0.3, -0.25) is 0 Å². The van der Waals surface area contributed by atoms with Crippen molar-refractivity contribution in [2.24, 2.45) is 10.8 Å². The average molecular weight is 1030 g/mol. The second-order valence-corrected chi connectivity index (χ2v) is 27.1. The largest absolute Gasteiger partial charge is 0.334 e. The fourth-order valence-corrected chi connectivity index (χ4v) is 18.1. The molecule has 0 bridgehead atoms. The van der Waals surface area contributed by atoms with E-state index in [9.17, 15) is 0 Å². The van der Waals surface area contributed by atoms with Crippen LogP contribution in [0.4, 0.5) is 22.7 Å². The molecule has 0 saturated heterocycles. The van der Waals surface area contributed by atoms with E-state index in [-0.39, 0.29) is 32.7 Å². The molecule has 2 aliphatic carbocycles. The third kappa shape index (κ3) is 6.37. The number of benzene rings is 12. The maximum Gasteiger partial charge on any atom is 0.0523 e. The van der Waals surface area contributed by atoms with E-state index < -0.39 is 0 Å². The van der Waals surface area contributed by atoms with Gasteiger partial charge in [-0.2, -0.15) is 0 Å². The van der Waals surface area contributed by atoms with Crippen LogP contribution in [0.2, 0.25) is 0 Å². The van der Waals surface area contributed by atoms with E-state index in [1.807, 2.05) is 0 Å². The Morgan fingerprint density at radius 3 is 1.06 bits per heavy atom. The minimum Gasteiger partial charge on any atom is -0.334 e. The number of hydrogen-bond donors (Lipinski definition) is 0. The lowest BCUT2D eigenvalue weighted by Gasteiger charge is -2.42. The molecular formula is C78H68N2. The van der Waals surface area contributed by atoms with Crippen molar-refractivity contribution in [1.82, 2.24) is 0 Å². The Bertz CT molecular complexity index is 4260. The van der Waals surface area contributed by atoms with E-state index in [0.29, 0.717) is 0 Å². The summed E-state index contributed by atoms with van der Waals surface area (Å²) >= 11 is 0. The fourth-order valence-electron chi connectivity index (χ4n) is 18.1. The van der Waals surface area contributed by atoms with E-state index in [1.54, 1.807) is 0 Å². The zero-order valence-electron chi connectivity index (χ0n) is 47.5. The number of rotatable bonds is 6. The molecule has 16 rings (SSSR count). The van der Waals surface area contributed by atoms with Crippen molar-refractivity contribution in [2.45, 2.75) is 103 Å². The molecule has 4 unspecified atom stereocenters. The number of anilines is 4. The van der Waals surface area contributed by atoms with E-state index in [2.05, 4.69) is 284 Å². The minimum atomic E-state index is -0.0919. The molecule has 2 aliphatic heterocycles. The Balaban J connectivity index is 1.01. The summed E-state index contributed by atoms with van der Waals surface area (Å²) in [4.78, 5) is 5.41. The Morgan fingerprint density at radius 1 is 0.287 bits per heavy atom. The molecule has 2 nitrogen and oxygen atoms in total. The molecule has 0 radical (unpaired) electrons. The number of fused-ring (bicyclic) bond motifs is 8. The van der Waals surface area contributed by atoms with Crippen molar-refractivity contribution in [3.63, 3.8) is 0 Å². The van der Waals surface area contributed by atoms with Crippen LogP contribution in [0.25, 0.3) is 98.4 Å². The quantitative estimate of drug-likeness (QED) is 0.153. The highest BCUT2D eigenvalue weighted by atomic mass is 15.3. The smallest absolute Gasteiger partial charge is 0.0523 e. The molecule has 80 heavy (non-hydrogen) atoms. The minimum absolute atomic E-state index is 0.0705. The normalized spacial score (nSPS) is 23.4. The fraction of sp³-hybridized carbons (Fsp3) is 0.231. The third-order valence-corrected chi connectivity index (χ3v) is 21.0. The maximum atomic E-state index is 2.70. The Hall–Kier alpha value is -8.20. The third-order valence-electron chi connectivity index (χ3n) is 21.0. The molecule has 12 aromatic carbocycles. The first kappa shape index (κ1) is 47.8. The molecule has 0 spiro atoms. The Labute approximate surface area is 471 Å². The van der Waals surface area contributed by atoms with Gasteiger partial charge in [0.2, 0.25) is 0 Å². The van der Waals surface area contributed by atoms with Crippen LogP contribution in [0.5, 0.6) is 0 Å². The predicted octanol–water partition coefficient (Wildman–Crippen LogP) is 21.5. The molecule has 0 N–H and O–H groups in total. The summed E-state index contributed by atoms with van der Waals surface area (Å²) in [5.74, 6) is 0. The zero-order valence-corrected chi connectivity index (χ0v) is 47.5. The van der Waals surface area contributed by atoms with Crippen molar-refractivity contribution >= 4 is 76.6 Å². The summed E-state index contributed by atoms with van der Waals surface area (Å²) in [6.07, 6.45) is 4.48. The second kappa shape index (κ2) is 16.2. The lowest BCUT2D eigenvalue weighted by molar-refractivity contribution is 0.330. The molecule has 390 valence electrons. The summed E-state index contributed by atoms with van der Waals surface area (Å²) in [6, 6.07) is 84.1. The van der Waals surface area contributed by atoms with Gasteiger partial charge >= 0.3 is 0 Å². The zero-order chi connectivity index (χ0) is 54.3. The highest BCUT2D eigenvalue weighted by Gasteiger charge is 2.65. The summed E-state index contributed by atoms with van der Waals surface area (Å²) < 4.78 is 0. The lowest BCUT2D eigenvalue weighted by atomic mass is 9.71. The van der Waals surface area contributed by atoms with Crippen molar-refractivity contribution < 1.29 is 0 Å². The van der Waals surface area contributed by atoms with E-state index >= 15 is 0 Å². The topological polar surface area (TPSA) is 6.48 Å². The van der Waals surface area contributed by atoms with Crippen LogP contribution in [0, 0.1) is 10.8 Å². The summed E-state index contributed by atoms with van der Waals surface area (Å²) in [5, 5.41) is 12.9. The van der Waals surface area contributed by atoms with Gasteiger partial charge in [-0.25, -0.2) is 0 Å². The van der Waals surface area contributed by atoms with Crippen molar-refractivity contribution in [1.29, 1.82) is 0 Å². The molecule has 4 atom stereocenters. The van der Waals surface area contributed by atoms with Gasteiger partial charge in [0.1, 0.15) is 0 Å². The highest BCUT2D eigenvalue weighted by Crippen LogP contribution is 2.69. The molecule has 0 amide bonds. The summed E-state index contributed by atoms with van der Waals surface area (Å²) in [6.45, 7) is 20.2. The number of nitrogens with zero attached hydrogens (tertiary/aromatic N) is 2. The van der Waals surface area contributed by atoms with Gasteiger partial charge in [0.05, 0.1) is 11.1 Å². The van der Waals surface area contributed by atoms with Crippen LogP contribution in [0.1, 0.15) is 92.2 Å². The van der Waals surface area contributed by atoms with E-state index in [1.165, 1.54) is 132 Å². The standard InChI is InChI=1S/C78H68N2/c1-73(2)45-75(5)67-41-51(33-39-69(67)79(77(75,7)47-73)53-25-11-9-12-26-53)63-43-65(57-31-19-23-49-21-15-17-29-55(49)57)61-38-36-60-64(44-66(62-37-35-59(63)71(61)72(60)62)58-32-20-24-50-22-16-18-30-56(50)58)52-34-40-70-68(42-52)76(6)46-74(3,4)48-78(76,8)80(70)54-27-13-10-14-28-54/h9-44H,45-48H2,1-8H3. The molecular weight excluding hydrogens is 965 g/mol. The van der Waals surface area contributed by atoms with Crippen molar-refractivity contribution in [3.05, 3.63) is 230 Å². The van der Waals surface area contributed by atoms with Gasteiger partial charge in [-0.15, -0.1) is 0 Å². The SMILES string of the molecule is CC1(C)CC2(C)c3cc(-c4cc(-c5cccc6ccccc56)c5ccc6c(-c7ccc8c(c7)C7(C)CC(C)(C)CC7(C)N8c7ccccc7)cc(-c7cccc8ccccc78)c7ccc4c5c67)ccc3N(c3ccccc3)C2(C)C1. The van der Waals surface area contributed by atoms with Crippen LogP contribution >= 0.6 is 0 Å². The van der Waals surface area contributed by atoms with Gasteiger partial charge in [0.15, 0.2) is 0 Å². The first-order valence-corrected chi connectivity index (χ1v) is 29.3. The Kier molecular flexibility index (Phi) is 9.69. The average Bonchev–Trinajstić information content (AvgIpc) is 2.46. The highest BCUT2D eigenvalue weighted by molar-refractivity contribution is 6.33. The van der Waals surface area contributed by atoms with E-state index in [0.717, 1.165) is 25.7 Å². The summed E-state index contributed by atoms with van der Waals surface area (Å²) in [7, 11) is 0. The van der Waals surface area contributed by atoms with Crippen LogP contribution in [-0.2, 0) is 10.8 Å². The van der Waals surface area contributed by atoms with Crippen LogP contribution in [0.3, 0.4) is 0 Å². The maximum absolute atomic E-state index is 2.70. The van der Waals surface area contributed by atoms with Crippen LogP contribution < -0.4 is 9.80 Å². The monoisotopic (exact) mass is 1030 g/mol. The molecule has 2 fully saturated rings. The van der Waals surface area contributed by atoms with Gasteiger partial charge in [-0.05, 0) is 221 Å². The van der Waals surface area contributed by atoms with Crippen molar-refractivity contribution in [3.8, 4) is 44.5 Å². The van der Waals surface area contributed by atoms with Crippen LogP contribution in [0.15, 0.2) is 218 Å². The Morgan fingerprint density at radius 2 is 0.650 bits per heavy atom. The van der Waals surface area contributed by atoms with Crippen molar-refractivity contribution in [2.75, 3.05) is 9.80 Å². The molecule has 0 aromatic heterocycles. The number of para-hydroxylation sites is 2. The second-order valence-electron chi connectivity index (χ2n) is 27.1. The predicted molar refractivity (Wildman–Crippen MR) is 342 cm³/mol. The molecule has 4 aliphatic rings. The van der Waals surface area contributed by atoms with Gasteiger partial charge in [0.25, 0.3) is 0 Å².